The molecule has 0 N–H and O–H groups in total. The van der Waals surface area contributed by atoms with Crippen molar-refractivity contribution in [3.8, 4) is 6.07 Å². The zero-order valence-electron chi connectivity index (χ0n) is 11.9. The minimum absolute atomic E-state index is 0.0716. The lowest BCUT2D eigenvalue weighted by Gasteiger charge is -2.33. The van der Waals surface area contributed by atoms with Crippen LogP contribution in [-0.2, 0) is 4.79 Å². The normalized spacial score (nSPS) is 21.3. The number of likely N-dealkylation sites (tertiary alicyclic amines) is 1. The Morgan fingerprint density at radius 1 is 1.25 bits per heavy atom. The minimum Gasteiger partial charge on any atom is -0.341 e. The summed E-state index contributed by atoms with van der Waals surface area (Å²) >= 11 is 0. The standard InChI is InChI=1S/C17H20N2O/c1-13-2-4-14(5-3-13)15-6-10-19(11-7-15)16(20)17(12-18)8-9-17/h2-5,15H,6-11H2,1H3. The van der Waals surface area contributed by atoms with Crippen LogP contribution in [0.15, 0.2) is 24.3 Å². The van der Waals surface area contributed by atoms with Crippen LogP contribution in [0.5, 0.6) is 0 Å². The van der Waals surface area contributed by atoms with Crippen molar-refractivity contribution in [2.45, 2.75) is 38.5 Å². The van der Waals surface area contributed by atoms with E-state index >= 15 is 0 Å². The maximum atomic E-state index is 12.3. The Labute approximate surface area is 120 Å². The summed E-state index contributed by atoms with van der Waals surface area (Å²) < 4.78 is 0. The Bertz CT molecular complexity index is 543. The second-order valence-electron chi connectivity index (χ2n) is 6.17. The maximum Gasteiger partial charge on any atom is 0.243 e. The lowest BCUT2D eigenvalue weighted by Crippen LogP contribution is -2.41. The highest BCUT2D eigenvalue weighted by Crippen LogP contribution is 2.47. The number of hydrogen-bond donors (Lipinski definition) is 0. The first kappa shape index (κ1) is 13.2. The third-order valence-electron chi connectivity index (χ3n) is 4.70. The topological polar surface area (TPSA) is 44.1 Å². The van der Waals surface area contributed by atoms with E-state index in [1.165, 1.54) is 11.1 Å². The molecule has 3 heteroatoms. The van der Waals surface area contributed by atoms with E-state index < -0.39 is 5.41 Å². The van der Waals surface area contributed by atoms with Gasteiger partial charge >= 0.3 is 0 Å². The number of benzene rings is 1. The van der Waals surface area contributed by atoms with Gasteiger partial charge in [-0.05, 0) is 44.1 Å². The molecule has 0 aromatic heterocycles. The molecule has 1 saturated carbocycles. The molecule has 1 amide bonds. The molecule has 0 bridgehead atoms. The van der Waals surface area contributed by atoms with Gasteiger partial charge in [0.15, 0.2) is 0 Å². The second-order valence-corrected chi connectivity index (χ2v) is 6.17. The number of hydrogen-bond acceptors (Lipinski definition) is 2. The van der Waals surface area contributed by atoms with Crippen molar-refractivity contribution in [3.05, 3.63) is 35.4 Å². The molecule has 1 aromatic carbocycles. The highest BCUT2D eigenvalue weighted by atomic mass is 16.2. The molecule has 2 aliphatic rings. The molecule has 0 radical (unpaired) electrons. The molecule has 3 rings (SSSR count). The molecular weight excluding hydrogens is 248 g/mol. The van der Waals surface area contributed by atoms with E-state index in [0.29, 0.717) is 5.92 Å². The third-order valence-corrected chi connectivity index (χ3v) is 4.70. The van der Waals surface area contributed by atoms with Crippen molar-refractivity contribution in [2.24, 2.45) is 5.41 Å². The van der Waals surface area contributed by atoms with E-state index in [2.05, 4.69) is 37.3 Å². The van der Waals surface area contributed by atoms with E-state index in [0.717, 1.165) is 38.8 Å². The van der Waals surface area contributed by atoms with Crippen LogP contribution in [0, 0.1) is 23.7 Å². The Morgan fingerprint density at radius 3 is 2.35 bits per heavy atom. The first-order chi connectivity index (χ1) is 9.64. The number of carbonyl (C=O) groups is 1. The average Bonchev–Trinajstić information content (AvgIpc) is 3.29. The summed E-state index contributed by atoms with van der Waals surface area (Å²) in [6, 6.07) is 10.9. The van der Waals surface area contributed by atoms with Gasteiger partial charge < -0.3 is 4.90 Å². The fraction of sp³-hybridized carbons (Fsp3) is 0.529. The number of rotatable bonds is 2. The minimum atomic E-state index is -0.656. The van der Waals surface area contributed by atoms with Gasteiger partial charge in [0.1, 0.15) is 5.41 Å². The van der Waals surface area contributed by atoms with E-state index in [-0.39, 0.29) is 5.91 Å². The molecule has 0 unspecified atom stereocenters. The van der Waals surface area contributed by atoms with Crippen LogP contribution < -0.4 is 0 Å². The van der Waals surface area contributed by atoms with Gasteiger partial charge in [-0.2, -0.15) is 5.26 Å². The molecule has 0 spiro atoms. The van der Waals surface area contributed by atoms with E-state index in [4.69, 9.17) is 5.26 Å². The Balaban J connectivity index is 1.61. The first-order valence-electron chi connectivity index (χ1n) is 7.42. The molecule has 3 nitrogen and oxygen atoms in total. The number of aryl methyl sites for hydroxylation is 1. The summed E-state index contributed by atoms with van der Waals surface area (Å²) in [5.41, 5.74) is 2.01. The lowest BCUT2D eigenvalue weighted by atomic mass is 9.88. The number of nitriles is 1. The van der Waals surface area contributed by atoms with Crippen molar-refractivity contribution in [1.82, 2.24) is 4.90 Å². The van der Waals surface area contributed by atoms with Gasteiger partial charge in [-0.3, -0.25) is 4.79 Å². The van der Waals surface area contributed by atoms with Crippen molar-refractivity contribution in [3.63, 3.8) is 0 Å². The van der Waals surface area contributed by atoms with Gasteiger partial charge in [0.05, 0.1) is 6.07 Å². The van der Waals surface area contributed by atoms with Crippen molar-refractivity contribution >= 4 is 5.91 Å². The molecule has 2 fully saturated rings. The predicted octanol–water partition coefficient (Wildman–Crippen LogP) is 3.00. The van der Waals surface area contributed by atoms with Crippen molar-refractivity contribution in [1.29, 1.82) is 5.26 Å². The quantitative estimate of drug-likeness (QED) is 0.827. The van der Waals surface area contributed by atoms with Crippen LogP contribution >= 0.6 is 0 Å². The van der Waals surface area contributed by atoms with Crippen LogP contribution in [0.4, 0.5) is 0 Å². The molecule has 1 aliphatic carbocycles. The Hall–Kier alpha value is -1.82. The van der Waals surface area contributed by atoms with Gasteiger partial charge in [0.25, 0.3) is 0 Å². The zero-order valence-corrected chi connectivity index (χ0v) is 11.9. The van der Waals surface area contributed by atoms with Crippen LogP contribution in [-0.4, -0.2) is 23.9 Å². The smallest absolute Gasteiger partial charge is 0.243 e. The average molecular weight is 268 g/mol. The predicted molar refractivity (Wildman–Crippen MR) is 77.0 cm³/mol. The highest BCUT2D eigenvalue weighted by Gasteiger charge is 2.52. The van der Waals surface area contributed by atoms with Crippen LogP contribution in [0.3, 0.4) is 0 Å². The molecule has 104 valence electrons. The summed E-state index contributed by atoms with van der Waals surface area (Å²) in [7, 11) is 0. The zero-order chi connectivity index (χ0) is 14.2. The summed E-state index contributed by atoms with van der Waals surface area (Å²) in [4.78, 5) is 14.2. The van der Waals surface area contributed by atoms with E-state index in [1.807, 2.05) is 4.90 Å². The monoisotopic (exact) mass is 268 g/mol. The Morgan fingerprint density at radius 2 is 1.85 bits per heavy atom. The summed E-state index contributed by atoms with van der Waals surface area (Å²) in [6.07, 6.45) is 3.52. The lowest BCUT2D eigenvalue weighted by molar-refractivity contribution is -0.136. The van der Waals surface area contributed by atoms with Gasteiger partial charge in [-0.15, -0.1) is 0 Å². The molecule has 0 atom stereocenters. The number of nitrogens with zero attached hydrogens (tertiary/aromatic N) is 2. The van der Waals surface area contributed by atoms with Crippen LogP contribution in [0.2, 0.25) is 0 Å². The molecule has 1 saturated heterocycles. The SMILES string of the molecule is Cc1ccc(C2CCN(C(=O)C3(C#N)CC3)CC2)cc1. The fourth-order valence-electron chi connectivity index (χ4n) is 3.06. The van der Waals surface area contributed by atoms with Crippen molar-refractivity contribution < 1.29 is 4.79 Å². The van der Waals surface area contributed by atoms with E-state index in [1.54, 1.807) is 0 Å². The molecule has 1 aliphatic heterocycles. The summed E-state index contributed by atoms with van der Waals surface area (Å²) in [5, 5.41) is 9.12. The largest absolute Gasteiger partial charge is 0.341 e. The summed E-state index contributed by atoms with van der Waals surface area (Å²) in [5.74, 6) is 0.624. The molecule has 1 heterocycles. The van der Waals surface area contributed by atoms with Gasteiger partial charge in [0.2, 0.25) is 5.91 Å². The number of carbonyl (C=O) groups excluding carboxylic acids is 1. The van der Waals surface area contributed by atoms with Crippen molar-refractivity contribution in [2.75, 3.05) is 13.1 Å². The third kappa shape index (κ3) is 2.31. The van der Waals surface area contributed by atoms with E-state index in [9.17, 15) is 4.79 Å². The van der Waals surface area contributed by atoms with Crippen LogP contribution in [0.1, 0.15) is 42.7 Å². The molecule has 1 aromatic rings. The molecule has 20 heavy (non-hydrogen) atoms. The Kier molecular flexibility index (Phi) is 3.25. The van der Waals surface area contributed by atoms with Gasteiger partial charge in [-0.25, -0.2) is 0 Å². The fourth-order valence-corrected chi connectivity index (χ4v) is 3.06. The number of piperidine rings is 1. The second kappa shape index (κ2) is 4.94. The van der Waals surface area contributed by atoms with Gasteiger partial charge in [0, 0.05) is 13.1 Å². The number of amides is 1. The van der Waals surface area contributed by atoms with Crippen LogP contribution in [0.25, 0.3) is 0 Å². The first-order valence-corrected chi connectivity index (χ1v) is 7.42. The van der Waals surface area contributed by atoms with Gasteiger partial charge in [-0.1, -0.05) is 29.8 Å². The molecular formula is C17H20N2O. The highest BCUT2D eigenvalue weighted by molar-refractivity contribution is 5.88. The summed E-state index contributed by atoms with van der Waals surface area (Å²) in [6.45, 7) is 3.68. The maximum absolute atomic E-state index is 12.3.